The number of sulfonamides is 1. The van der Waals surface area contributed by atoms with Crippen LogP contribution in [0.5, 0.6) is 0 Å². The highest BCUT2D eigenvalue weighted by Gasteiger charge is 2.19. The zero-order valence-corrected chi connectivity index (χ0v) is 11.0. The summed E-state index contributed by atoms with van der Waals surface area (Å²) in [5.41, 5.74) is 5.96. The van der Waals surface area contributed by atoms with Gasteiger partial charge in [-0.15, -0.1) is 0 Å². The highest BCUT2D eigenvalue weighted by atomic mass is 32.2. The first-order valence-electron chi connectivity index (χ1n) is 5.43. The fraction of sp³-hybridized carbons (Fsp3) is 0.455. The maximum atomic E-state index is 13.0. The van der Waals surface area contributed by atoms with E-state index < -0.39 is 28.0 Å². The second kappa shape index (κ2) is 5.75. The molecule has 0 radical (unpaired) electrons. The van der Waals surface area contributed by atoms with Crippen molar-refractivity contribution in [3.8, 4) is 0 Å². The topological polar surface area (TPSA) is 92.4 Å². The van der Waals surface area contributed by atoms with Gasteiger partial charge >= 0.3 is 0 Å². The van der Waals surface area contributed by atoms with Crippen LogP contribution in [0.25, 0.3) is 0 Å². The van der Waals surface area contributed by atoms with Crippen LogP contribution in [0.3, 0.4) is 0 Å². The van der Waals surface area contributed by atoms with E-state index in [-0.39, 0.29) is 11.4 Å². The number of nitrogens with two attached hydrogens (primary N) is 1. The number of hydrogen-bond acceptors (Lipinski definition) is 4. The molecular weight excluding hydrogens is 259 g/mol. The summed E-state index contributed by atoms with van der Waals surface area (Å²) in [6.45, 7) is 2.92. The molecule has 18 heavy (non-hydrogen) atoms. The van der Waals surface area contributed by atoms with Gasteiger partial charge in [-0.1, -0.05) is 6.07 Å². The van der Waals surface area contributed by atoms with E-state index in [0.717, 1.165) is 6.07 Å². The summed E-state index contributed by atoms with van der Waals surface area (Å²) in [4.78, 5) is -0.125. The fourth-order valence-electron chi connectivity index (χ4n) is 1.32. The van der Waals surface area contributed by atoms with Gasteiger partial charge < -0.3 is 10.8 Å². The molecule has 0 bridgehead atoms. The molecule has 2 atom stereocenters. The van der Waals surface area contributed by atoms with Crippen LogP contribution >= 0.6 is 0 Å². The van der Waals surface area contributed by atoms with Crippen molar-refractivity contribution in [1.82, 2.24) is 4.72 Å². The van der Waals surface area contributed by atoms with Crippen molar-refractivity contribution < 1.29 is 17.9 Å². The third kappa shape index (κ3) is 3.74. The van der Waals surface area contributed by atoms with Gasteiger partial charge in [0.25, 0.3) is 0 Å². The van der Waals surface area contributed by atoms with E-state index in [1.807, 2.05) is 0 Å². The Kier molecular flexibility index (Phi) is 4.80. The van der Waals surface area contributed by atoms with Crippen molar-refractivity contribution in [3.05, 3.63) is 29.6 Å². The molecule has 0 aromatic heterocycles. The molecule has 0 aliphatic rings. The monoisotopic (exact) mass is 276 g/mol. The summed E-state index contributed by atoms with van der Waals surface area (Å²) >= 11 is 0. The lowest BCUT2D eigenvalue weighted by Gasteiger charge is -2.16. The average molecular weight is 276 g/mol. The van der Waals surface area contributed by atoms with Crippen LogP contribution in [0.15, 0.2) is 23.1 Å². The second-order valence-corrected chi connectivity index (χ2v) is 5.90. The molecule has 0 heterocycles. The number of nitrogens with one attached hydrogen (secondary N) is 1. The molecule has 1 aromatic rings. The van der Waals surface area contributed by atoms with Crippen LogP contribution in [-0.4, -0.2) is 32.2 Å². The Bertz CT molecular complexity index is 517. The third-order valence-corrected chi connectivity index (χ3v) is 4.13. The maximum Gasteiger partial charge on any atom is 0.240 e. The van der Waals surface area contributed by atoms with E-state index in [0.29, 0.717) is 5.56 Å². The van der Waals surface area contributed by atoms with E-state index in [1.165, 1.54) is 19.1 Å². The Balaban J connectivity index is 2.90. The fourth-order valence-corrected chi connectivity index (χ4v) is 2.64. The zero-order chi connectivity index (χ0) is 13.9. The number of hydrogen-bond donors (Lipinski definition) is 3. The van der Waals surface area contributed by atoms with Gasteiger partial charge in [-0.3, -0.25) is 0 Å². The Morgan fingerprint density at radius 2 is 2.11 bits per heavy atom. The van der Waals surface area contributed by atoms with Gasteiger partial charge in [0, 0.05) is 12.6 Å². The molecule has 0 fully saturated rings. The lowest BCUT2D eigenvalue weighted by molar-refractivity contribution is 0.164. The maximum absolute atomic E-state index is 13.0. The summed E-state index contributed by atoms with van der Waals surface area (Å²) in [6.07, 6.45) is -0.832. The molecule has 0 saturated carbocycles. The Morgan fingerprint density at radius 1 is 1.50 bits per heavy atom. The van der Waals surface area contributed by atoms with E-state index in [1.54, 1.807) is 6.92 Å². The summed E-state index contributed by atoms with van der Waals surface area (Å²) < 4.78 is 39.1. The van der Waals surface area contributed by atoms with Crippen LogP contribution < -0.4 is 10.5 Å². The lowest BCUT2D eigenvalue weighted by atomic mass is 10.2. The molecule has 7 heteroatoms. The lowest BCUT2D eigenvalue weighted by Crippen LogP contribution is -2.43. The average Bonchev–Trinajstić information content (AvgIpc) is 2.29. The number of aryl methyl sites for hydroxylation is 1. The zero-order valence-electron chi connectivity index (χ0n) is 10.2. The molecule has 0 aliphatic carbocycles. The quantitative estimate of drug-likeness (QED) is 0.712. The van der Waals surface area contributed by atoms with Gasteiger partial charge in [-0.2, -0.15) is 0 Å². The molecule has 102 valence electrons. The molecule has 0 amide bonds. The van der Waals surface area contributed by atoms with Gasteiger partial charge in [-0.05, 0) is 31.5 Å². The molecule has 0 aliphatic heterocycles. The highest BCUT2D eigenvalue weighted by molar-refractivity contribution is 7.89. The summed E-state index contributed by atoms with van der Waals surface area (Å²) in [6, 6.07) is 2.81. The largest absolute Gasteiger partial charge is 0.392 e. The summed E-state index contributed by atoms with van der Waals surface area (Å²) in [5.74, 6) is -0.624. The number of rotatable bonds is 5. The first-order valence-corrected chi connectivity index (χ1v) is 6.92. The Morgan fingerprint density at radius 3 is 2.67 bits per heavy atom. The third-order valence-electron chi connectivity index (χ3n) is 2.57. The molecule has 4 N–H and O–H groups in total. The van der Waals surface area contributed by atoms with E-state index in [2.05, 4.69) is 4.72 Å². The van der Waals surface area contributed by atoms with Gasteiger partial charge in [0.05, 0.1) is 11.0 Å². The second-order valence-electron chi connectivity index (χ2n) is 4.17. The molecule has 2 unspecified atom stereocenters. The smallest absolute Gasteiger partial charge is 0.240 e. The standard InChI is InChI=1S/C11H17FN2O3S/c1-7-3-4-9(12)5-11(7)18(16,17)14-6-10(13)8(2)15/h3-5,8,10,14-15H,6,13H2,1-2H3. The minimum Gasteiger partial charge on any atom is -0.392 e. The van der Waals surface area contributed by atoms with Crippen molar-refractivity contribution >= 4 is 10.0 Å². The van der Waals surface area contributed by atoms with Crippen LogP contribution in [0.1, 0.15) is 12.5 Å². The SMILES string of the molecule is Cc1ccc(F)cc1S(=O)(=O)NCC(N)C(C)O. The number of aliphatic hydroxyl groups excluding tert-OH is 1. The molecule has 1 rings (SSSR count). The normalized spacial score (nSPS) is 15.4. The molecule has 1 aromatic carbocycles. The van der Waals surface area contributed by atoms with E-state index in [4.69, 9.17) is 10.8 Å². The molecule has 0 saturated heterocycles. The van der Waals surface area contributed by atoms with Gasteiger partial charge in [0.2, 0.25) is 10.0 Å². The van der Waals surface area contributed by atoms with E-state index in [9.17, 15) is 12.8 Å². The minimum absolute atomic E-state index is 0.115. The predicted molar refractivity (Wildman–Crippen MR) is 66.0 cm³/mol. The van der Waals surface area contributed by atoms with Crippen molar-refractivity contribution in [2.75, 3.05) is 6.54 Å². The number of halogens is 1. The number of aliphatic hydroxyl groups is 1. The van der Waals surface area contributed by atoms with Gasteiger partial charge in [0.1, 0.15) is 5.82 Å². The minimum atomic E-state index is -3.82. The Labute approximate surface area is 106 Å². The van der Waals surface area contributed by atoms with E-state index >= 15 is 0 Å². The van der Waals surface area contributed by atoms with Crippen LogP contribution in [0.2, 0.25) is 0 Å². The number of benzene rings is 1. The summed E-state index contributed by atoms with van der Waals surface area (Å²) in [7, 11) is -3.82. The van der Waals surface area contributed by atoms with Crippen LogP contribution in [0, 0.1) is 12.7 Å². The summed E-state index contributed by atoms with van der Waals surface area (Å²) in [5, 5.41) is 9.17. The van der Waals surface area contributed by atoms with Crippen molar-refractivity contribution in [2.24, 2.45) is 5.73 Å². The first-order chi connectivity index (χ1) is 8.24. The first kappa shape index (κ1) is 15.0. The van der Waals surface area contributed by atoms with Crippen molar-refractivity contribution in [2.45, 2.75) is 30.9 Å². The van der Waals surface area contributed by atoms with Crippen molar-refractivity contribution in [3.63, 3.8) is 0 Å². The van der Waals surface area contributed by atoms with Crippen LogP contribution in [-0.2, 0) is 10.0 Å². The molecule has 5 nitrogen and oxygen atoms in total. The van der Waals surface area contributed by atoms with Crippen LogP contribution in [0.4, 0.5) is 4.39 Å². The Hall–Kier alpha value is -1.02. The molecular formula is C11H17FN2O3S. The predicted octanol–water partition coefficient (Wildman–Crippen LogP) is 0.121. The van der Waals surface area contributed by atoms with Crippen molar-refractivity contribution in [1.29, 1.82) is 0 Å². The van der Waals surface area contributed by atoms with Gasteiger partial charge in [-0.25, -0.2) is 17.5 Å². The van der Waals surface area contributed by atoms with Gasteiger partial charge in [0.15, 0.2) is 0 Å². The molecule has 0 spiro atoms. The highest BCUT2D eigenvalue weighted by Crippen LogP contribution is 2.16.